The van der Waals surface area contributed by atoms with Gasteiger partial charge in [0.15, 0.2) is 0 Å². The summed E-state index contributed by atoms with van der Waals surface area (Å²) in [5.74, 6) is 0. The number of rotatable bonds is 8. The molecule has 2 unspecified atom stereocenters. The van der Waals surface area contributed by atoms with Gasteiger partial charge in [-0.05, 0) is 51.2 Å². The number of nitrogens with zero attached hydrogens (tertiary/aromatic N) is 1. The lowest BCUT2D eigenvalue weighted by atomic mass is 9.84. The quantitative estimate of drug-likeness (QED) is 0.734. The maximum absolute atomic E-state index is 5.71. The Morgan fingerprint density at radius 1 is 1.37 bits per heavy atom. The van der Waals surface area contributed by atoms with E-state index in [0.717, 1.165) is 26.2 Å². The van der Waals surface area contributed by atoms with Gasteiger partial charge >= 0.3 is 0 Å². The van der Waals surface area contributed by atoms with E-state index in [1.807, 2.05) is 0 Å². The highest BCUT2D eigenvalue weighted by Crippen LogP contribution is 2.22. The van der Waals surface area contributed by atoms with Crippen LogP contribution >= 0.6 is 0 Å². The van der Waals surface area contributed by atoms with Crippen LogP contribution in [0.3, 0.4) is 0 Å². The Bertz CT molecular complexity index is 231. The molecule has 0 amide bonds. The van der Waals surface area contributed by atoms with Crippen molar-refractivity contribution in [3.63, 3.8) is 0 Å². The van der Waals surface area contributed by atoms with Gasteiger partial charge in [0, 0.05) is 19.2 Å². The lowest BCUT2D eigenvalue weighted by Gasteiger charge is -2.33. The molecular formula is C16H34N2O. The van der Waals surface area contributed by atoms with Crippen LogP contribution in [-0.4, -0.2) is 50.3 Å². The van der Waals surface area contributed by atoms with E-state index in [1.165, 1.54) is 25.7 Å². The van der Waals surface area contributed by atoms with Crippen LogP contribution in [-0.2, 0) is 4.74 Å². The molecule has 1 fully saturated rings. The minimum Gasteiger partial charge on any atom is -0.377 e. The van der Waals surface area contributed by atoms with Gasteiger partial charge < -0.3 is 15.0 Å². The maximum Gasteiger partial charge on any atom is 0.0702 e. The van der Waals surface area contributed by atoms with Gasteiger partial charge in [-0.2, -0.15) is 0 Å². The summed E-state index contributed by atoms with van der Waals surface area (Å²) in [6, 6.07) is 0.597. The molecule has 0 bridgehead atoms. The molecule has 1 aliphatic heterocycles. The molecule has 0 saturated carbocycles. The van der Waals surface area contributed by atoms with Crippen molar-refractivity contribution in [1.29, 1.82) is 0 Å². The zero-order chi connectivity index (χ0) is 14.3. The van der Waals surface area contributed by atoms with Gasteiger partial charge in [-0.15, -0.1) is 0 Å². The largest absolute Gasteiger partial charge is 0.377 e. The van der Waals surface area contributed by atoms with Crippen LogP contribution in [0, 0.1) is 5.41 Å². The normalized spacial score (nSPS) is 22.1. The topological polar surface area (TPSA) is 24.5 Å². The van der Waals surface area contributed by atoms with Crippen molar-refractivity contribution in [3.05, 3.63) is 0 Å². The summed E-state index contributed by atoms with van der Waals surface area (Å²) in [5, 5.41) is 3.70. The average molecular weight is 270 g/mol. The molecule has 1 rings (SSSR count). The first-order valence-electron chi connectivity index (χ1n) is 7.97. The summed E-state index contributed by atoms with van der Waals surface area (Å²) < 4.78 is 5.71. The van der Waals surface area contributed by atoms with E-state index in [0.29, 0.717) is 17.6 Å². The SMILES string of the molecule is CCCNC(CCN(C)CC1CCCO1)C(C)(C)C. The molecule has 3 heteroatoms. The van der Waals surface area contributed by atoms with Gasteiger partial charge in [0.05, 0.1) is 6.10 Å². The molecule has 1 N–H and O–H groups in total. The molecule has 0 aliphatic carbocycles. The molecule has 1 aliphatic rings. The number of likely N-dealkylation sites (N-methyl/N-ethyl adjacent to an activating group) is 1. The van der Waals surface area contributed by atoms with Gasteiger partial charge in [-0.1, -0.05) is 27.7 Å². The zero-order valence-electron chi connectivity index (χ0n) is 13.7. The van der Waals surface area contributed by atoms with Crippen molar-refractivity contribution in [2.45, 2.75) is 65.5 Å². The van der Waals surface area contributed by atoms with E-state index in [1.54, 1.807) is 0 Å². The first-order chi connectivity index (χ1) is 8.93. The summed E-state index contributed by atoms with van der Waals surface area (Å²) in [6.45, 7) is 13.6. The number of nitrogens with one attached hydrogen (secondary N) is 1. The van der Waals surface area contributed by atoms with Crippen LogP contribution < -0.4 is 5.32 Å². The van der Waals surface area contributed by atoms with Gasteiger partial charge in [-0.25, -0.2) is 0 Å². The highest BCUT2D eigenvalue weighted by molar-refractivity contribution is 4.81. The van der Waals surface area contributed by atoms with E-state index >= 15 is 0 Å². The molecule has 1 heterocycles. The lowest BCUT2D eigenvalue weighted by Crippen LogP contribution is -2.43. The Labute approximate surface area is 120 Å². The summed E-state index contributed by atoms with van der Waals surface area (Å²) in [7, 11) is 2.22. The second-order valence-corrected chi connectivity index (χ2v) is 7.06. The number of ether oxygens (including phenoxy) is 1. The third kappa shape index (κ3) is 6.73. The second kappa shape index (κ2) is 8.23. The molecule has 1 saturated heterocycles. The minimum atomic E-state index is 0.333. The molecule has 0 aromatic carbocycles. The van der Waals surface area contributed by atoms with Crippen LogP contribution in [0.5, 0.6) is 0 Å². The monoisotopic (exact) mass is 270 g/mol. The molecule has 0 aromatic rings. The highest BCUT2D eigenvalue weighted by atomic mass is 16.5. The molecule has 19 heavy (non-hydrogen) atoms. The number of hydrogen-bond acceptors (Lipinski definition) is 3. The van der Waals surface area contributed by atoms with Crippen LogP contribution in [0.25, 0.3) is 0 Å². The van der Waals surface area contributed by atoms with E-state index in [9.17, 15) is 0 Å². The van der Waals surface area contributed by atoms with Gasteiger partial charge in [0.2, 0.25) is 0 Å². The summed E-state index contributed by atoms with van der Waals surface area (Å²) in [6.07, 6.45) is 5.37. The third-order valence-corrected chi connectivity index (χ3v) is 4.02. The fraction of sp³-hybridized carbons (Fsp3) is 1.00. The Hall–Kier alpha value is -0.120. The molecule has 3 nitrogen and oxygen atoms in total. The lowest BCUT2D eigenvalue weighted by molar-refractivity contribution is 0.0784. The Kier molecular flexibility index (Phi) is 7.33. The molecule has 0 radical (unpaired) electrons. The molecule has 0 spiro atoms. The van der Waals surface area contributed by atoms with Gasteiger partial charge in [0.25, 0.3) is 0 Å². The predicted molar refractivity (Wildman–Crippen MR) is 82.6 cm³/mol. The molecular weight excluding hydrogens is 236 g/mol. The van der Waals surface area contributed by atoms with E-state index < -0.39 is 0 Å². The van der Waals surface area contributed by atoms with Gasteiger partial charge in [-0.3, -0.25) is 0 Å². The van der Waals surface area contributed by atoms with E-state index in [2.05, 4.69) is 45.0 Å². The average Bonchev–Trinajstić information content (AvgIpc) is 2.80. The van der Waals surface area contributed by atoms with Crippen molar-refractivity contribution in [2.75, 3.05) is 33.3 Å². The van der Waals surface area contributed by atoms with Crippen LogP contribution in [0.1, 0.15) is 53.4 Å². The Morgan fingerprint density at radius 3 is 2.63 bits per heavy atom. The standard InChI is InChI=1S/C16H34N2O/c1-6-10-17-15(16(2,3)4)9-11-18(5)13-14-8-7-12-19-14/h14-15,17H,6-13H2,1-5H3. The molecule has 0 aromatic heterocycles. The summed E-state index contributed by atoms with van der Waals surface area (Å²) in [4.78, 5) is 2.43. The minimum absolute atomic E-state index is 0.333. The third-order valence-electron chi connectivity index (χ3n) is 4.02. The summed E-state index contributed by atoms with van der Waals surface area (Å²) >= 11 is 0. The van der Waals surface area contributed by atoms with E-state index in [-0.39, 0.29) is 0 Å². The molecule has 114 valence electrons. The first kappa shape index (κ1) is 16.9. The Morgan fingerprint density at radius 2 is 2.11 bits per heavy atom. The predicted octanol–water partition coefficient (Wildman–Crippen LogP) is 2.90. The number of hydrogen-bond donors (Lipinski definition) is 1. The van der Waals surface area contributed by atoms with Crippen molar-refractivity contribution < 1.29 is 4.74 Å². The van der Waals surface area contributed by atoms with Crippen LogP contribution in [0.4, 0.5) is 0 Å². The second-order valence-electron chi connectivity index (χ2n) is 7.06. The van der Waals surface area contributed by atoms with Crippen molar-refractivity contribution in [3.8, 4) is 0 Å². The van der Waals surface area contributed by atoms with E-state index in [4.69, 9.17) is 4.74 Å². The van der Waals surface area contributed by atoms with Crippen LogP contribution in [0.15, 0.2) is 0 Å². The Balaban J connectivity index is 2.29. The first-order valence-corrected chi connectivity index (χ1v) is 7.97. The maximum atomic E-state index is 5.71. The fourth-order valence-corrected chi connectivity index (χ4v) is 2.74. The highest BCUT2D eigenvalue weighted by Gasteiger charge is 2.24. The van der Waals surface area contributed by atoms with Crippen molar-refractivity contribution in [1.82, 2.24) is 10.2 Å². The van der Waals surface area contributed by atoms with Crippen molar-refractivity contribution in [2.24, 2.45) is 5.41 Å². The zero-order valence-corrected chi connectivity index (χ0v) is 13.7. The summed E-state index contributed by atoms with van der Waals surface area (Å²) in [5.41, 5.74) is 0.333. The van der Waals surface area contributed by atoms with Gasteiger partial charge in [0.1, 0.15) is 0 Å². The molecule has 2 atom stereocenters. The van der Waals surface area contributed by atoms with Crippen LogP contribution in [0.2, 0.25) is 0 Å². The van der Waals surface area contributed by atoms with Crippen molar-refractivity contribution >= 4 is 0 Å². The smallest absolute Gasteiger partial charge is 0.0702 e. The fourth-order valence-electron chi connectivity index (χ4n) is 2.74.